The third-order valence-corrected chi connectivity index (χ3v) is 5.87. The van der Waals surface area contributed by atoms with Crippen LogP contribution in [0.4, 0.5) is 4.39 Å². The van der Waals surface area contributed by atoms with Gasteiger partial charge in [0, 0.05) is 36.5 Å². The lowest BCUT2D eigenvalue weighted by atomic mass is 9.88. The molecule has 0 saturated heterocycles. The van der Waals surface area contributed by atoms with Gasteiger partial charge in [-0.15, -0.1) is 0 Å². The second-order valence-corrected chi connectivity index (χ2v) is 8.95. The molecule has 6 nitrogen and oxygen atoms in total. The molecule has 0 aliphatic rings. The highest BCUT2D eigenvalue weighted by molar-refractivity contribution is 7.90. The number of rotatable bonds is 7. The minimum absolute atomic E-state index is 0.182. The molecule has 1 unspecified atom stereocenters. The molecule has 30 heavy (non-hydrogen) atoms. The molecule has 3 aromatic rings. The number of amides is 1. The zero-order chi connectivity index (χ0) is 21.7. The Kier molecular flexibility index (Phi) is 6.47. The average molecular weight is 428 g/mol. The van der Waals surface area contributed by atoms with Gasteiger partial charge in [0.05, 0.1) is 4.90 Å². The lowest BCUT2D eigenvalue weighted by Gasteiger charge is -2.19. The zero-order valence-electron chi connectivity index (χ0n) is 16.3. The number of hydrogen-bond acceptors (Lipinski definition) is 4. The second-order valence-electron chi connectivity index (χ2n) is 6.93. The molecule has 1 heterocycles. The Bertz CT molecular complexity index is 1190. The summed E-state index contributed by atoms with van der Waals surface area (Å²) in [6.07, 6.45) is 3.05. The van der Waals surface area contributed by atoms with E-state index in [0.717, 1.165) is 17.4 Å². The molecular formula is C22H21FN2O4S. The van der Waals surface area contributed by atoms with Crippen LogP contribution < -0.4 is 10.9 Å². The van der Waals surface area contributed by atoms with E-state index in [-0.39, 0.29) is 33.7 Å². The first kappa shape index (κ1) is 21.4. The van der Waals surface area contributed by atoms with Crippen LogP contribution in [0.25, 0.3) is 0 Å². The van der Waals surface area contributed by atoms with Gasteiger partial charge in [-0.1, -0.05) is 24.3 Å². The number of halogens is 1. The van der Waals surface area contributed by atoms with Crippen LogP contribution in [-0.4, -0.2) is 32.1 Å². The average Bonchev–Trinajstić information content (AvgIpc) is 2.71. The van der Waals surface area contributed by atoms with Crippen molar-refractivity contribution in [1.29, 1.82) is 0 Å². The quantitative estimate of drug-likeness (QED) is 0.605. The van der Waals surface area contributed by atoms with Crippen molar-refractivity contribution in [2.75, 3.05) is 12.8 Å². The minimum Gasteiger partial charge on any atom is -0.352 e. The minimum atomic E-state index is -3.31. The number of aromatic amines is 1. The fourth-order valence-corrected chi connectivity index (χ4v) is 3.82. The van der Waals surface area contributed by atoms with Gasteiger partial charge in [-0.05, 0) is 47.9 Å². The van der Waals surface area contributed by atoms with Gasteiger partial charge in [-0.3, -0.25) is 9.59 Å². The Labute approximate surface area is 173 Å². The Morgan fingerprint density at radius 1 is 1.03 bits per heavy atom. The largest absolute Gasteiger partial charge is 0.352 e. The van der Waals surface area contributed by atoms with E-state index >= 15 is 0 Å². The standard InChI is InChI=1S/C22H21FN2O4S/c1-30(28,29)19-8-4-16(5-9-19)20(15-2-6-18(23)7-3-15)11-13-25-22(27)17-10-12-24-21(26)14-17/h2-10,12,14,20H,11,13H2,1H3,(H,24,26)(H,25,27). The predicted molar refractivity (Wildman–Crippen MR) is 112 cm³/mol. The van der Waals surface area contributed by atoms with E-state index in [9.17, 15) is 22.4 Å². The molecule has 2 aromatic carbocycles. The van der Waals surface area contributed by atoms with Crippen LogP contribution in [-0.2, 0) is 9.84 Å². The summed E-state index contributed by atoms with van der Waals surface area (Å²) in [6.45, 7) is 0.307. The summed E-state index contributed by atoms with van der Waals surface area (Å²) in [5, 5.41) is 2.78. The van der Waals surface area contributed by atoms with Gasteiger partial charge in [0.1, 0.15) is 5.82 Å². The van der Waals surface area contributed by atoms with E-state index in [0.29, 0.717) is 13.0 Å². The van der Waals surface area contributed by atoms with E-state index in [1.165, 1.54) is 42.6 Å². The van der Waals surface area contributed by atoms with Gasteiger partial charge in [0.15, 0.2) is 9.84 Å². The third-order valence-electron chi connectivity index (χ3n) is 4.74. The highest BCUT2D eigenvalue weighted by Crippen LogP contribution is 2.29. The van der Waals surface area contributed by atoms with Crippen LogP contribution in [0.3, 0.4) is 0 Å². The molecule has 156 valence electrons. The molecule has 0 aliphatic carbocycles. The topological polar surface area (TPSA) is 96.1 Å². The molecule has 8 heteroatoms. The number of carbonyl (C=O) groups is 1. The van der Waals surface area contributed by atoms with Crippen molar-refractivity contribution < 1.29 is 17.6 Å². The third kappa shape index (κ3) is 5.42. The summed E-state index contributed by atoms with van der Waals surface area (Å²) in [7, 11) is -3.31. The van der Waals surface area contributed by atoms with Crippen LogP contribution in [0.1, 0.15) is 33.8 Å². The molecule has 3 rings (SSSR count). The maximum atomic E-state index is 13.4. The SMILES string of the molecule is CS(=O)(=O)c1ccc(C(CCNC(=O)c2cc[nH]c(=O)c2)c2ccc(F)cc2)cc1. The fourth-order valence-electron chi connectivity index (χ4n) is 3.19. The van der Waals surface area contributed by atoms with Crippen molar-refractivity contribution >= 4 is 15.7 Å². The molecule has 2 N–H and O–H groups in total. The first-order chi connectivity index (χ1) is 14.2. The summed E-state index contributed by atoms with van der Waals surface area (Å²) in [4.78, 5) is 26.3. The summed E-state index contributed by atoms with van der Waals surface area (Å²) >= 11 is 0. The Morgan fingerprint density at radius 2 is 1.63 bits per heavy atom. The van der Waals surface area contributed by atoms with Crippen molar-refractivity contribution in [2.24, 2.45) is 0 Å². The van der Waals surface area contributed by atoms with Crippen LogP contribution in [0.5, 0.6) is 0 Å². The van der Waals surface area contributed by atoms with E-state index in [2.05, 4.69) is 10.3 Å². The number of aromatic nitrogens is 1. The van der Waals surface area contributed by atoms with Crippen molar-refractivity contribution in [3.63, 3.8) is 0 Å². The first-order valence-electron chi connectivity index (χ1n) is 9.26. The molecule has 1 amide bonds. The molecule has 0 saturated carbocycles. The molecule has 0 radical (unpaired) electrons. The smallest absolute Gasteiger partial charge is 0.251 e. The van der Waals surface area contributed by atoms with Gasteiger partial charge in [0.25, 0.3) is 5.91 Å². The summed E-state index contributed by atoms with van der Waals surface area (Å²) in [5.74, 6) is -0.905. The van der Waals surface area contributed by atoms with E-state index < -0.39 is 9.84 Å². The highest BCUT2D eigenvalue weighted by Gasteiger charge is 2.17. The Hall–Kier alpha value is -3.26. The normalized spacial score (nSPS) is 12.3. The number of H-pyrrole nitrogens is 1. The molecule has 1 aromatic heterocycles. The molecular weight excluding hydrogens is 407 g/mol. The summed E-state index contributed by atoms with van der Waals surface area (Å²) in [6, 6.07) is 15.3. The van der Waals surface area contributed by atoms with Gasteiger partial charge >= 0.3 is 0 Å². The molecule has 0 fully saturated rings. The Morgan fingerprint density at radius 3 is 2.20 bits per heavy atom. The van der Waals surface area contributed by atoms with E-state index in [1.807, 2.05) is 0 Å². The fraction of sp³-hybridized carbons (Fsp3) is 0.182. The number of sulfone groups is 1. The first-order valence-corrected chi connectivity index (χ1v) is 11.2. The van der Waals surface area contributed by atoms with Crippen molar-refractivity contribution in [2.45, 2.75) is 17.2 Å². The number of benzene rings is 2. The maximum Gasteiger partial charge on any atom is 0.251 e. The van der Waals surface area contributed by atoms with Gasteiger partial charge in [0.2, 0.25) is 5.56 Å². The number of nitrogens with one attached hydrogen (secondary N) is 2. The maximum absolute atomic E-state index is 13.4. The van der Waals surface area contributed by atoms with Gasteiger partial charge in [-0.25, -0.2) is 12.8 Å². The van der Waals surface area contributed by atoms with Crippen molar-refractivity contribution in [3.05, 3.63) is 99.7 Å². The highest BCUT2D eigenvalue weighted by atomic mass is 32.2. The predicted octanol–water partition coefficient (Wildman–Crippen LogP) is 2.87. The van der Waals surface area contributed by atoms with Crippen LogP contribution >= 0.6 is 0 Å². The molecule has 0 bridgehead atoms. The van der Waals surface area contributed by atoms with Crippen LogP contribution in [0.2, 0.25) is 0 Å². The van der Waals surface area contributed by atoms with Crippen LogP contribution in [0, 0.1) is 5.82 Å². The monoisotopic (exact) mass is 428 g/mol. The van der Waals surface area contributed by atoms with E-state index in [1.54, 1.807) is 24.3 Å². The lowest BCUT2D eigenvalue weighted by Crippen LogP contribution is -2.27. The number of carbonyl (C=O) groups excluding carboxylic acids is 1. The summed E-state index contributed by atoms with van der Waals surface area (Å²) < 4.78 is 36.8. The van der Waals surface area contributed by atoms with Crippen molar-refractivity contribution in [3.8, 4) is 0 Å². The lowest BCUT2D eigenvalue weighted by molar-refractivity contribution is 0.0952. The van der Waals surface area contributed by atoms with Gasteiger partial charge in [-0.2, -0.15) is 0 Å². The molecule has 0 aliphatic heterocycles. The van der Waals surface area contributed by atoms with E-state index in [4.69, 9.17) is 0 Å². The van der Waals surface area contributed by atoms with Crippen molar-refractivity contribution in [1.82, 2.24) is 10.3 Å². The Balaban J connectivity index is 1.79. The second kappa shape index (κ2) is 9.04. The van der Waals surface area contributed by atoms with Crippen LogP contribution in [0.15, 0.2) is 76.6 Å². The number of hydrogen-bond donors (Lipinski definition) is 2. The van der Waals surface area contributed by atoms with Gasteiger partial charge < -0.3 is 10.3 Å². The molecule has 1 atom stereocenters. The number of pyridine rings is 1. The summed E-state index contributed by atoms with van der Waals surface area (Å²) in [5.41, 5.74) is 1.58. The molecule has 0 spiro atoms. The zero-order valence-corrected chi connectivity index (χ0v) is 17.1.